The number of piperidine rings is 1. The van der Waals surface area contributed by atoms with Crippen molar-refractivity contribution in [3.05, 3.63) is 16.1 Å². The summed E-state index contributed by atoms with van der Waals surface area (Å²) in [7, 11) is 0. The van der Waals surface area contributed by atoms with E-state index >= 15 is 0 Å². The summed E-state index contributed by atoms with van der Waals surface area (Å²) in [4.78, 5) is 11.5. The van der Waals surface area contributed by atoms with Gasteiger partial charge in [-0.05, 0) is 18.8 Å². The highest BCUT2D eigenvalue weighted by molar-refractivity contribution is 14.0. The molecule has 1 saturated heterocycles. The fourth-order valence-corrected chi connectivity index (χ4v) is 3.55. The molecular formula is C16H29IN4S. The Morgan fingerprint density at radius 1 is 1.50 bits per heavy atom. The maximum absolute atomic E-state index is 6.11. The molecule has 1 aliphatic rings. The van der Waals surface area contributed by atoms with Gasteiger partial charge in [0.1, 0.15) is 0 Å². The van der Waals surface area contributed by atoms with Gasteiger partial charge in [-0.3, -0.25) is 4.99 Å². The Bertz CT molecular complexity index is 493. The average Bonchev–Trinajstić information content (AvgIpc) is 2.87. The molecule has 1 aromatic heterocycles. The topological polar surface area (TPSA) is 54.5 Å². The molecule has 0 spiro atoms. The molecule has 2 rings (SSSR count). The zero-order valence-electron chi connectivity index (χ0n) is 14.1. The van der Waals surface area contributed by atoms with Gasteiger partial charge >= 0.3 is 0 Å². The molecule has 0 amide bonds. The maximum atomic E-state index is 6.11. The third-order valence-corrected chi connectivity index (χ3v) is 4.81. The molecule has 0 aliphatic carbocycles. The summed E-state index contributed by atoms with van der Waals surface area (Å²) in [6, 6.07) is 0. The van der Waals surface area contributed by atoms with E-state index in [4.69, 9.17) is 10.7 Å². The number of nitrogens with zero attached hydrogens (tertiary/aromatic N) is 3. The summed E-state index contributed by atoms with van der Waals surface area (Å²) in [5.74, 6) is 1.43. The van der Waals surface area contributed by atoms with Crippen molar-refractivity contribution in [1.82, 2.24) is 9.88 Å². The highest BCUT2D eigenvalue weighted by Crippen LogP contribution is 2.24. The van der Waals surface area contributed by atoms with Gasteiger partial charge in [0.15, 0.2) is 5.96 Å². The zero-order valence-corrected chi connectivity index (χ0v) is 17.3. The molecule has 0 aromatic carbocycles. The van der Waals surface area contributed by atoms with Crippen LogP contribution in [-0.2, 0) is 11.8 Å². The van der Waals surface area contributed by atoms with Crippen LogP contribution in [0.2, 0.25) is 0 Å². The molecule has 0 bridgehead atoms. The SMILES string of the molecule is CC1CCCN(C(N)=NCCc2nc(C(C)(C)C)cs2)C1.I. The van der Waals surface area contributed by atoms with Crippen molar-refractivity contribution in [3.8, 4) is 0 Å². The predicted molar refractivity (Wildman–Crippen MR) is 106 cm³/mol. The zero-order chi connectivity index (χ0) is 15.5. The molecule has 1 fully saturated rings. The lowest BCUT2D eigenvalue weighted by Gasteiger charge is -2.31. The fourth-order valence-electron chi connectivity index (χ4n) is 2.53. The molecule has 1 aromatic rings. The second kappa shape index (κ2) is 8.47. The van der Waals surface area contributed by atoms with Crippen molar-refractivity contribution in [2.45, 2.75) is 52.4 Å². The molecule has 0 radical (unpaired) electrons. The minimum absolute atomic E-state index is 0. The molecule has 6 heteroatoms. The van der Waals surface area contributed by atoms with Gasteiger partial charge in [-0.25, -0.2) is 4.98 Å². The van der Waals surface area contributed by atoms with Gasteiger partial charge in [-0.15, -0.1) is 35.3 Å². The summed E-state index contributed by atoms with van der Waals surface area (Å²) in [6.45, 7) is 11.7. The fraction of sp³-hybridized carbons (Fsp3) is 0.750. The molecule has 1 atom stereocenters. The third kappa shape index (κ3) is 5.68. The number of guanidine groups is 1. The van der Waals surface area contributed by atoms with Crippen molar-refractivity contribution < 1.29 is 0 Å². The molecule has 126 valence electrons. The van der Waals surface area contributed by atoms with Gasteiger partial charge in [0.2, 0.25) is 0 Å². The highest BCUT2D eigenvalue weighted by atomic mass is 127. The van der Waals surface area contributed by atoms with E-state index in [2.05, 4.69) is 43.0 Å². The minimum atomic E-state index is 0. The Kier molecular flexibility index (Phi) is 7.58. The van der Waals surface area contributed by atoms with Gasteiger partial charge in [0.05, 0.1) is 10.7 Å². The summed E-state index contributed by atoms with van der Waals surface area (Å²) in [6.07, 6.45) is 3.40. The second-order valence-electron chi connectivity index (χ2n) is 7.06. The van der Waals surface area contributed by atoms with Crippen molar-refractivity contribution in [3.63, 3.8) is 0 Å². The highest BCUT2D eigenvalue weighted by Gasteiger charge is 2.18. The Hall–Kier alpha value is -0.370. The molecule has 22 heavy (non-hydrogen) atoms. The van der Waals surface area contributed by atoms with Crippen molar-refractivity contribution in [1.29, 1.82) is 0 Å². The number of likely N-dealkylation sites (tertiary alicyclic amines) is 1. The first kappa shape index (κ1) is 19.7. The Balaban J connectivity index is 0.00000242. The van der Waals surface area contributed by atoms with E-state index in [1.165, 1.54) is 18.5 Å². The van der Waals surface area contributed by atoms with Crippen LogP contribution in [-0.4, -0.2) is 35.5 Å². The van der Waals surface area contributed by atoms with E-state index in [0.29, 0.717) is 5.96 Å². The summed E-state index contributed by atoms with van der Waals surface area (Å²) in [5, 5.41) is 3.32. The molecule has 2 heterocycles. The van der Waals surface area contributed by atoms with E-state index in [-0.39, 0.29) is 29.4 Å². The summed E-state index contributed by atoms with van der Waals surface area (Å²) >= 11 is 1.73. The standard InChI is InChI=1S/C16H28N4S.HI/c1-12-6-5-9-20(10-12)15(17)18-8-7-14-19-13(11-21-14)16(2,3)4;/h11-12H,5-10H2,1-4H3,(H2,17,18);1H. The smallest absolute Gasteiger partial charge is 0.191 e. The van der Waals surface area contributed by atoms with Crippen LogP contribution in [0.3, 0.4) is 0 Å². The molecule has 2 N–H and O–H groups in total. The predicted octanol–water partition coefficient (Wildman–Crippen LogP) is 3.65. The Labute approximate surface area is 155 Å². The van der Waals surface area contributed by atoms with Crippen LogP contribution < -0.4 is 5.73 Å². The van der Waals surface area contributed by atoms with Gasteiger partial charge in [0, 0.05) is 36.9 Å². The van der Waals surface area contributed by atoms with E-state index in [0.717, 1.165) is 37.0 Å². The summed E-state index contributed by atoms with van der Waals surface area (Å²) in [5.41, 5.74) is 7.40. The number of aliphatic imine (C=N–C) groups is 1. The second-order valence-corrected chi connectivity index (χ2v) is 8.00. The van der Waals surface area contributed by atoms with Crippen LogP contribution in [0, 0.1) is 5.92 Å². The van der Waals surface area contributed by atoms with E-state index in [1.807, 2.05) is 0 Å². The van der Waals surface area contributed by atoms with Crippen molar-refractivity contribution in [2.75, 3.05) is 19.6 Å². The Morgan fingerprint density at radius 3 is 2.82 bits per heavy atom. The van der Waals surface area contributed by atoms with E-state index < -0.39 is 0 Å². The first-order valence-corrected chi connectivity index (χ1v) is 8.74. The molecule has 1 unspecified atom stereocenters. The van der Waals surface area contributed by atoms with Crippen LogP contribution in [0.5, 0.6) is 0 Å². The minimum Gasteiger partial charge on any atom is -0.370 e. The maximum Gasteiger partial charge on any atom is 0.191 e. The van der Waals surface area contributed by atoms with Crippen LogP contribution in [0.4, 0.5) is 0 Å². The first-order chi connectivity index (χ1) is 9.86. The van der Waals surface area contributed by atoms with Crippen LogP contribution >= 0.6 is 35.3 Å². The lowest BCUT2D eigenvalue weighted by molar-refractivity contribution is 0.270. The van der Waals surface area contributed by atoms with Gasteiger partial charge in [-0.1, -0.05) is 27.7 Å². The number of nitrogens with two attached hydrogens (primary N) is 1. The number of halogens is 1. The lowest BCUT2D eigenvalue weighted by Crippen LogP contribution is -2.43. The van der Waals surface area contributed by atoms with Crippen molar-refractivity contribution in [2.24, 2.45) is 16.6 Å². The first-order valence-electron chi connectivity index (χ1n) is 7.86. The number of aromatic nitrogens is 1. The van der Waals surface area contributed by atoms with Crippen LogP contribution in [0.25, 0.3) is 0 Å². The quantitative estimate of drug-likeness (QED) is 0.447. The third-order valence-electron chi connectivity index (χ3n) is 3.90. The van der Waals surface area contributed by atoms with Gasteiger partial charge in [0.25, 0.3) is 0 Å². The van der Waals surface area contributed by atoms with Crippen LogP contribution in [0.1, 0.15) is 51.2 Å². The number of thiazole rings is 1. The number of hydrogen-bond acceptors (Lipinski definition) is 3. The molecule has 1 aliphatic heterocycles. The van der Waals surface area contributed by atoms with E-state index in [9.17, 15) is 0 Å². The normalized spacial score (nSPS) is 19.9. The molecule has 4 nitrogen and oxygen atoms in total. The van der Waals surface area contributed by atoms with E-state index in [1.54, 1.807) is 11.3 Å². The number of rotatable bonds is 3. The molecule has 0 saturated carbocycles. The van der Waals surface area contributed by atoms with Crippen molar-refractivity contribution >= 4 is 41.3 Å². The summed E-state index contributed by atoms with van der Waals surface area (Å²) < 4.78 is 0. The lowest BCUT2D eigenvalue weighted by atomic mass is 9.93. The van der Waals surface area contributed by atoms with Gasteiger partial charge < -0.3 is 10.6 Å². The molecular weight excluding hydrogens is 407 g/mol. The number of hydrogen-bond donors (Lipinski definition) is 1. The average molecular weight is 436 g/mol. The monoisotopic (exact) mass is 436 g/mol. The Morgan fingerprint density at radius 2 is 2.23 bits per heavy atom. The van der Waals surface area contributed by atoms with Crippen LogP contribution in [0.15, 0.2) is 10.4 Å². The van der Waals surface area contributed by atoms with Gasteiger partial charge in [-0.2, -0.15) is 0 Å². The largest absolute Gasteiger partial charge is 0.370 e.